The molecule has 0 N–H and O–H groups in total. The van der Waals surface area contributed by atoms with E-state index in [9.17, 15) is 26.7 Å². The monoisotopic (exact) mass is 550 g/mol. The van der Waals surface area contributed by atoms with E-state index in [-0.39, 0.29) is 19.6 Å². The summed E-state index contributed by atoms with van der Waals surface area (Å²) in [6.07, 6.45) is 10.8. The summed E-state index contributed by atoms with van der Waals surface area (Å²) in [6.45, 7) is 1.46. The number of carbonyl (C=O) groups excluding carboxylic acids is 1. The first kappa shape index (κ1) is 28.0. The van der Waals surface area contributed by atoms with Gasteiger partial charge in [-0.15, -0.1) is 0 Å². The molecule has 0 radical (unpaired) electrons. The van der Waals surface area contributed by atoms with Gasteiger partial charge in [-0.1, -0.05) is 32.3 Å². The molecule has 1 aliphatic carbocycles. The standard InChI is InChI=1S/C27H27F5N4OS/c1-2-35(38-27-25(31)23(29)22(28)24(30)26(27)32)16-21(37)36(20-10-12-33-13-11-20)15-19-9-8-18(14-34-19)17-6-4-3-5-7-17/h8-14,17H,2-7,15-16H2,1H3. The average Bonchev–Trinajstić information content (AvgIpc) is 2.96. The van der Waals surface area contributed by atoms with Gasteiger partial charge in [-0.05, 0) is 54.5 Å². The normalized spacial score (nSPS) is 14.2. The Balaban J connectivity index is 1.53. The molecule has 0 saturated heterocycles. The summed E-state index contributed by atoms with van der Waals surface area (Å²) < 4.78 is 70.5. The molecule has 202 valence electrons. The number of likely N-dealkylation sites (N-methyl/N-ethyl adjacent to an activating group) is 1. The summed E-state index contributed by atoms with van der Waals surface area (Å²) in [4.78, 5) is 22.3. The lowest BCUT2D eigenvalue weighted by atomic mass is 9.85. The smallest absolute Gasteiger partial charge is 0.242 e. The minimum atomic E-state index is -2.23. The van der Waals surface area contributed by atoms with E-state index in [0.29, 0.717) is 29.2 Å². The maximum absolute atomic E-state index is 14.2. The van der Waals surface area contributed by atoms with Crippen LogP contribution < -0.4 is 4.90 Å². The molecule has 2 heterocycles. The van der Waals surface area contributed by atoms with Crippen molar-refractivity contribution in [2.45, 2.75) is 56.4 Å². The van der Waals surface area contributed by atoms with E-state index in [2.05, 4.69) is 9.97 Å². The quantitative estimate of drug-likeness (QED) is 0.127. The summed E-state index contributed by atoms with van der Waals surface area (Å²) in [6, 6.07) is 7.20. The van der Waals surface area contributed by atoms with Crippen LogP contribution in [0, 0.1) is 29.1 Å². The molecule has 5 nitrogen and oxygen atoms in total. The van der Waals surface area contributed by atoms with Gasteiger partial charge in [-0.2, -0.15) is 0 Å². The molecular formula is C27H27F5N4OS. The van der Waals surface area contributed by atoms with E-state index < -0.39 is 39.9 Å². The highest BCUT2D eigenvalue weighted by atomic mass is 32.2. The van der Waals surface area contributed by atoms with E-state index in [1.165, 1.54) is 46.4 Å². The molecule has 2 aromatic heterocycles. The van der Waals surface area contributed by atoms with Crippen molar-refractivity contribution in [2.24, 2.45) is 0 Å². The first-order valence-corrected chi connectivity index (χ1v) is 13.2. The SMILES string of the molecule is CCN(CC(=O)N(Cc1ccc(C2CCCCC2)cn1)c1ccncc1)Sc1c(F)c(F)c(F)c(F)c1F. The van der Waals surface area contributed by atoms with Gasteiger partial charge in [-0.3, -0.25) is 14.8 Å². The Kier molecular flexibility index (Phi) is 9.32. The molecule has 1 aliphatic rings. The molecule has 1 fully saturated rings. The maximum atomic E-state index is 14.2. The van der Waals surface area contributed by atoms with Crippen molar-refractivity contribution in [1.29, 1.82) is 0 Å². The van der Waals surface area contributed by atoms with Gasteiger partial charge < -0.3 is 4.90 Å². The van der Waals surface area contributed by atoms with Gasteiger partial charge in [0.1, 0.15) is 4.90 Å². The van der Waals surface area contributed by atoms with Crippen LogP contribution in [-0.2, 0) is 11.3 Å². The number of anilines is 1. The third-order valence-electron chi connectivity index (χ3n) is 6.57. The Hall–Kier alpha value is -3.05. The maximum Gasteiger partial charge on any atom is 0.242 e. The van der Waals surface area contributed by atoms with Crippen LogP contribution in [0.15, 0.2) is 47.8 Å². The minimum absolute atomic E-state index is 0.0917. The molecule has 1 amide bonds. The number of hydrogen-bond donors (Lipinski definition) is 0. The third-order valence-corrected chi connectivity index (χ3v) is 7.76. The molecule has 0 atom stereocenters. The molecule has 0 unspecified atom stereocenters. The van der Waals surface area contributed by atoms with Gasteiger partial charge in [0.2, 0.25) is 11.7 Å². The molecule has 4 rings (SSSR count). The summed E-state index contributed by atoms with van der Waals surface area (Å²) in [5.74, 6) is -10.1. The number of aromatic nitrogens is 2. The van der Waals surface area contributed by atoms with E-state index >= 15 is 0 Å². The molecule has 0 aliphatic heterocycles. The molecule has 1 aromatic carbocycles. The fourth-order valence-corrected chi connectivity index (χ4v) is 5.36. The number of amides is 1. The predicted octanol–water partition coefficient (Wildman–Crippen LogP) is 6.78. The van der Waals surface area contributed by atoms with Crippen LogP contribution in [0.4, 0.5) is 27.6 Å². The number of carbonyl (C=O) groups is 1. The van der Waals surface area contributed by atoms with E-state index in [1.807, 2.05) is 18.3 Å². The lowest BCUT2D eigenvalue weighted by molar-refractivity contribution is -0.118. The van der Waals surface area contributed by atoms with Gasteiger partial charge in [0.05, 0.1) is 18.8 Å². The van der Waals surface area contributed by atoms with Crippen LogP contribution in [0.5, 0.6) is 0 Å². The Morgan fingerprint density at radius 1 is 0.921 bits per heavy atom. The number of pyridine rings is 2. The topological polar surface area (TPSA) is 49.3 Å². The molecule has 3 aromatic rings. The van der Waals surface area contributed by atoms with Crippen molar-refractivity contribution in [3.8, 4) is 0 Å². The highest BCUT2D eigenvalue weighted by Crippen LogP contribution is 2.34. The lowest BCUT2D eigenvalue weighted by Crippen LogP contribution is -2.38. The van der Waals surface area contributed by atoms with Crippen molar-refractivity contribution in [3.05, 3.63) is 83.2 Å². The van der Waals surface area contributed by atoms with E-state index in [0.717, 1.165) is 12.8 Å². The number of hydrogen-bond acceptors (Lipinski definition) is 5. The second-order valence-corrected chi connectivity index (χ2v) is 10.2. The van der Waals surface area contributed by atoms with E-state index in [1.54, 1.807) is 19.1 Å². The number of rotatable bonds is 9. The van der Waals surface area contributed by atoms with Crippen molar-refractivity contribution < 1.29 is 26.7 Å². The Bertz CT molecular complexity index is 1230. The molecular weight excluding hydrogens is 523 g/mol. The van der Waals surface area contributed by atoms with Gasteiger partial charge >= 0.3 is 0 Å². The molecule has 38 heavy (non-hydrogen) atoms. The molecule has 0 spiro atoms. The van der Waals surface area contributed by atoms with Crippen LogP contribution in [0.1, 0.15) is 56.2 Å². The molecule has 0 bridgehead atoms. The van der Waals surface area contributed by atoms with Crippen molar-refractivity contribution in [1.82, 2.24) is 14.3 Å². The zero-order chi connectivity index (χ0) is 27.2. The van der Waals surface area contributed by atoms with E-state index in [4.69, 9.17) is 0 Å². The third kappa shape index (κ3) is 6.32. The largest absolute Gasteiger partial charge is 0.305 e. The van der Waals surface area contributed by atoms with Crippen LogP contribution in [0.2, 0.25) is 0 Å². The van der Waals surface area contributed by atoms with Gasteiger partial charge in [0, 0.05) is 30.8 Å². The number of halogens is 5. The van der Waals surface area contributed by atoms with Crippen LogP contribution in [-0.4, -0.2) is 33.3 Å². The van der Waals surface area contributed by atoms with Crippen molar-refractivity contribution in [2.75, 3.05) is 18.0 Å². The van der Waals surface area contributed by atoms with Gasteiger partial charge in [0.15, 0.2) is 23.3 Å². The summed E-state index contributed by atoms with van der Waals surface area (Å²) >= 11 is 0.305. The van der Waals surface area contributed by atoms with Crippen LogP contribution in [0.25, 0.3) is 0 Å². The Morgan fingerprint density at radius 3 is 2.13 bits per heavy atom. The summed E-state index contributed by atoms with van der Waals surface area (Å²) in [7, 11) is 0. The van der Waals surface area contributed by atoms with Crippen molar-refractivity contribution >= 4 is 23.5 Å². The van der Waals surface area contributed by atoms with Gasteiger partial charge in [-0.25, -0.2) is 26.3 Å². The Morgan fingerprint density at radius 2 is 1.55 bits per heavy atom. The Labute approximate surface area is 222 Å². The molecule has 1 saturated carbocycles. The summed E-state index contributed by atoms with van der Waals surface area (Å²) in [5.41, 5.74) is 2.34. The lowest BCUT2D eigenvalue weighted by Gasteiger charge is -2.27. The average molecular weight is 551 g/mol. The fraction of sp³-hybridized carbons (Fsp3) is 0.370. The predicted molar refractivity (Wildman–Crippen MR) is 135 cm³/mol. The second kappa shape index (κ2) is 12.7. The highest BCUT2D eigenvalue weighted by molar-refractivity contribution is 7.97. The zero-order valence-electron chi connectivity index (χ0n) is 20.8. The van der Waals surface area contributed by atoms with Crippen molar-refractivity contribution in [3.63, 3.8) is 0 Å². The highest BCUT2D eigenvalue weighted by Gasteiger charge is 2.29. The van der Waals surface area contributed by atoms with Crippen LogP contribution in [0.3, 0.4) is 0 Å². The number of nitrogens with zero attached hydrogens (tertiary/aromatic N) is 4. The zero-order valence-corrected chi connectivity index (χ0v) is 21.6. The molecule has 11 heteroatoms. The van der Waals surface area contributed by atoms with Crippen LogP contribution >= 0.6 is 11.9 Å². The first-order valence-electron chi connectivity index (χ1n) is 12.4. The van der Waals surface area contributed by atoms with Gasteiger partial charge in [0.25, 0.3) is 0 Å². The fourth-order valence-electron chi connectivity index (χ4n) is 4.46. The minimum Gasteiger partial charge on any atom is -0.305 e. The second-order valence-electron chi connectivity index (χ2n) is 9.05. The number of benzene rings is 1. The summed E-state index contributed by atoms with van der Waals surface area (Å²) in [5, 5.41) is 0. The first-order chi connectivity index (χ1) is 18.3.